The highest BCUT2D eigenvalue weighted by atomic mass is 32.2. The van der Waals surface area contributed by atoms with E-state index in [1.165, 1.54) is 5.56 Å². The molecule has 1 heterocycles. The molecule has 1 aliphatic rings. The molecule has 0 aliphatic carbocycles. The first-order valence-electron chi connectivity index (χ1n) is 14.3. The van der Waals surface area contributed by atoms with E-state index in [2.05, 4.69) is 115 Å². The fraction of sp³-hybridized carbons (Fsp3) is 0.211. The van der Waals surface area contributed by atoms with Gasteiger partial charge in [-0.3, -0.25) is 4.31 Å². The van der Waals surface area contributed by atoms with Crippen LogP contribution in [0.4, 0.5) is 11.4 Å². The molecule has 0 radical (unpaired) electrons. The maximum atomic E-state index is 4.69. The van der Waals surface area contributed by atoms with Crippen LogP contribution in [-0.4, -0.2) is 0 Å². The summed E-state index contributed by atoms with van der Waals surface area (Å²) in [5, 5.41) is 0. The molecule has 2 aromatic rings. The molecule has 0 amide bonds. The minimum Gasteiger partial charge on any atom is -0.311 e. The molecule has 2 aromatic carbocycles. The summed E-state index contributed by atoms with van der Waals surface area (Å²) in [5.74, 6) is 0. The Balaban J connectivity index is 0.00000211. The number of nitrogens with zero attached hydrogens (tertiary/aromatic N) is 2. The Morgan fingerprint density at radius 1 is 0.929 bits per heavy atom. The lowest BCUT2D eigenvalue weighted by Gasteiger charge is -2.26. The lowest BCUT2D eigenvalue weighted by atomic mass is 9.84. The SMILES string of the molecule is C=C/C=C\C(=C)N(/C(C=C)=C/C=C)c1ccc(/C(=C/C)SC(=C)c2ccc3c(c2)N(S)C(=C)C3(C)C)cc1.CC.CC. The van der Waals surface area contributed by atoms with Gasteiger partial charge < -0.3 is 4.90 Å². The molecule has 0 fully saturated rings. The van der Waals surface area contributed by atoms with E-state index in [0.29, 0.717) is 0 Å². The molecule has 0 bridgehead atoms. The minimum atomic E-state index is -0.146. The molecule has 0 spiro atoms. The Bertz CT molecular complexity index is 1380. The molecule has 0 saturated carbocycles. The number of benzene rings is 2. The van der Waals surface area contributed by atoms with E-state index in [-0.39, 0.29) is 5.41 Å². The number of anilines is 2. The lowest BCUT2D eigenvalue weighted by molar-refractivity contribution is 0.651. The van der Waals surface area contributed by atoms with E-state index in [1.807, 2.05) is 62.1 Å². The lowest BCUT2D eigenvalue weighted by Crippen LogP contribution is -2.19. The quantitative estimate of drug-likeness (QED) is 0.204. The van der Waals surface area contributed by atoms with Gasteiger partial charge in [-0.25, -0.2) is 0 Å². The van der Waals surface area contributed by atoms with E-state index in [1.54, 1.807) is 30.0 Å². The van der Waals surface area contributed by atoms with Crippen LogP contribution in [0, 0.1) is 0 Å². The van der Waals surface area contributed by atoms with Gasteiger partial charge in [0.1, 0.15) is 0 Å². The third kappa shape index (κ3) is 8.24. The van der Waals surface area contributed by atoms with Crippen LogP contribution in [0.15, 0.2) is 142 Å². The first-order valence-corrected chi connectivity index (χ1v) is 15.5. The second-order valence-corrected chi connectivity index (χ2v) is 10.8. The highest BCUT2D eigenvalue weighted by Crippen LogP contribution is 2.49. The summed E-state index contributed by atoms with van der Waals surface area (Å²) in [5.41, 5.74) is 7.92. The molecule has 42 heavy (non-hydrogen) atoms. The molecule has 4 heteroatoms. The van der Waals surface area contributed by atoms with Crippen molar-refractivity contribution in [3.8, 4) is 0 Å². The normalized spacial score (nSPS) is 13.7. The van der Waals surface area contributed by atoms with Crippen LogP contribution in [0.3, 0.4) is 0 Å². The summed E-state index contributed by atoms with van der Waals surface area (Å²) in [6, 6.07) is 14.8. The number of rotatable bonds is 11. The molecule has 3 rings (SSSR count). The topological polar surface area (TPSA) is 6.48 Å². The van der Waals surface area contributed by atoms with Gasteiger partial charge in [-0.05, 0) is 60.0 Å². The number of hydrogen-bond acceptors (Lipinski definition) is 4. The van der Waals surface area contributed by atoms with Crippen LogP contribution in [0.1, 0.15) is 65.2 Å². The number of hydrogen-bond donors (Lipinski definition) is 1. The van der Waals surface area contributed by atoms with Crippen molar-refractivity contribution in [3.05, 3.63) is 158 Å². The standard InChI is InChI=1S/C34H36N2S2.2C2H6/c1-10-14-16-24(5)35(29(12-3)15-11-2)30-20-17-27(18-21-30)33(13-4)38-25(6)28-19-22-31-32(23-28)36(37)26(7)34(31,8)9;2*1-2/h10-23,37H,1-3,5-7H2,4,8-9H3;2*1-2H3/b16-14-,29-15+,33-13-;;. The maximum Gasteiger partial charge on any atom is 0.0566 e. The van der Waals surface area contributed by atoms with Crippen molar-refractivity contribution in [1.82, 2.24) is 0 Å². The van der Waals surface area contributed by atoms with E-state index in [0.717, 1.165) is 49.4 Å². The smallest absolute Gasteiger partial charge is 0.0566 e. The molecule has 2 nitrogen and oxygen atoms in total. The van der Waals surface area contributed by atoms with Crippen molar-refractivity contribution in [3.63, 3.8) is 0 Å². The van der Waals surface area contributed by atoms with Gasteiger partial charge in [-0.15, -0.1) is 0 Å². The van der Waals surface area contributed by atoms with Crippen molar-refractivity contribution >= 4 is 45.8 Å². The van der Waals surface area contributed by atoms with Gasteiger partial charge in [0.25, 0.3) is 0 Å². The summed E-state index contributed by atoms with van der Waals surface area (Å²) in [6.45, 7) is 38.8. The summed E-state index contributed by atoms with van der Waals surface area (Å²) in [6.07, 6.45) is 13.1. The average molecular weight is 597 g/mol. The summed E-state index contributed by atoms with van der Waals surface area (Å²) in [4.78, 5) is 4.12. The van der Waals surface area contributed by atoms with Crippen molar-refractivity contribution < 1.29 is 0 Å². The van der Waals surface area contributed by atoms with Gasteiger partial charge in [-0.1, -0.05) is 154 Å². The number of thiol groups is 1. The second-order valence-electron chi connectivity index (χ2n) is 9.29. The molecular weight excluding hydrogens is 549 g/mol. The Labute approximate surface area is 266 Å². The summed E-state index contributed by atoms with van der Waals surface area (Å²) in [7, 11) is 0. The molecular formula is C38H48N2S2. The van der Waals surface area contributed by atoms with E-state index in [4.69, 9.17) is 0 Å². The zero-order valence-electron chi connectivity index (χ0n) is 26.6. The van der Waals surface area contributed by atoms with Gasteiger partial charge in [0, 0.05) is 38.0 Å². The van der Waals surface area contributed by atoms with Crippen LogP contribution in [0.5, 0.6) is 0 Å². The van der Waals surface area contributed by atoms with Gasteiger partial charge in [0.15, 0.2) is 0 Å². The molecule has 0 aromatic heterocycles. The molecule has 0 unspecified atom stereocenters. The average Bonchev–Trinajstić information content (AvgIpc) is 3.19. The molecule has 222 valence electrons. The van der Waals surface area contributed by atoms with Gasteiger partial charge in [-0.2, -0.15) is 0 Å². The maximum absolute atomic E-state index is 4.69. The predicted octanol–water partition coefficient (Wildman–Crippen LogP) is 12.3. The number of allylic oxidation sites excluding steroid dienone is 8. The Morgan fingerprint density at radius 2 is 1.52 bits per heavy atom. The highest BCUT2D eigenvalue weighted by Gasteiger charge is 2.38. The van der Waals surface area contributed by atoms with Gasteiger partial charge in [0.05, 0.1) is 5.69 Å². The van der Waals surface area contributed by atoms with Gasteiger partial charge >= 0.3 is 0 Å². The van der Waals surface area contributed by atoms with Crippen molar-refractivity contribution in [2.75, 3.05) is 9.21 Å². The van der Waals surface area contributed by atoms with E-state index >= 15 is 0 Å². The summed E-state index contributed by atoms with van der Waals surface area (Å²) >= 11 is 6.34. The highest BCUT2D eigenvalue weighted by molar-refractivity contribution is 8.16. The van der Waals surface area contributed by atoms with Crippen LogP contribution in [-0.2, 0) is 5.41 Å². The molecule has 0 N–H and O–H groups in total. The minimum absolute atomic E-state index is 0.146. The molecule has 0 saturated heterocycles. The zero-order chi connectivity index (χ0) is 32.0. The Morgan fingerprint density at radius 3 is 2.05 bits per heavy atom. The first-order chi connectivity index (χ1) is 20.1. The zero-order valence-corrected chi connectivity index (χ0v) is 28.3. The Hall–Kier alpha value is -3.60. The second kappa shape index (κ2) is 17.4. The van der Waals surface area contributed by atoms with Crippen LogP contribution in [0.25, 0.3) is 9.81 Å². The van der Waals surface area contributed by atoms with Crippen molar-refractivity contribution in [2.24, 2.45) is 0 Å². The van der Waals surface area contributed by atoms with E-state index < -0.39 is 0 Å². The number of fused-ring (bicyclic) bond motifs is 1. The molecule has 0 atom stereocenters. The fourth-order valence-corrected chi connectivity index (χ4v) is 5.61. The molecule has 1 aliphatic heterocycles. The van der Waals surface area contributed by atoms with Crippen LogP contribution >= 0.6 is 24.6 Å². The predicted molar refractivity (Wildman–Crippen MR) is 199 cm³/mol. The Kier molecular flexibility index (Phi) is 15.1. The van der Waals surface area contributed by atoms with Crippen molar-refractivity contribution in [2.45, 2.75) is 53.9 Å². The number of thioether (sulfide) groups is 1. The van der Waals surface area contributed by atoms with Crippen LogP contribution in [0.2, 0.25) is 0 Å². The van der Waals surface area contributed by atoms with Crippen molar-refractivity contribution in [1.29, 1.82) is 0 Å². The first kappa shape index (κ1) is 36.4. The van der Waals surface area contributed by atoms with Crippen LogP contribution < -0.4 is 9.21 Å². The third-order valence-electron chi connectivity index (χ3n) is 6.57. The fourth-order valence-electron chi connectivity index (χ4n) is 4.31. The van der Waals surface area contributed by atoms with E-state index in [9.17, 15) is 0 Å². The summed E-state index contributed by atoms with van der Waals surface area (Å²) < 4.78 is 1.88. The van der Waals surface area contributed by atoms with Gasteiger partial charge in [0.2, 0.25) is 0 Å². The largest absolute Gasteiger partial charge is 0.311 e. The third-order valence-corrected chi connectivity index (χ3v) is 8.20. The monoisotopic (exact) mass is 596 g/mol.